The van der Waals surface area contributed by atoms with E-state index in [1.165, 1.54) is 12.1 Å². The summed E-state index contributed by atoms with van der Waals surface area (Å²) in [5, 5.41) is 22.0. The highest BCUT2D eigenvalue weighted by Gasteiger charge is 2.60. The van der Waals surface area contributed by atoms with Gasteiger partial charge in [-0.15, -0.1) is 0 Å². The number of aromatic amines is 1. The molecule has 0 bridgehead atoms. The zero-order valence-electron chi connectivity index (χ0n) is 19.2. The molecule has 0 spiro atoms. The van der Waals surface area contributed by atoms with E-state index in [4.69, 9.17) is 13.8 Å². The number of benzene rings is 1. The molecular formula is C21H26F2N3O9P. The van der Waals surface area contributed by atoms with Gasteiger partial charge in [0.2, 0.25) is 6.23 Å². The highest BCUT2D eigenvalue weighted by Crippen LogP contribution is 2.48. The molecule has 2 heterocycles. The second-order valence-corrected chi connectivity index (χ2v) is 10.2. The Morgan fingerprint density at radius 2 is 1.94 bits per heavy atom. The molecule has 1 saturated heterocycles. The summed E-state index contributed by atoms with van der Waals surface area (Å²) in [5.74, 6) is -5.43. The number of para-hydroxylation sites is 1. The van der Waals surface area contributed by atoms with Gasteiger partial charge in [0.15, 0.2) is 6.10 Å². The van der Waals surface area contributed by atoms with Gasteiger partial charge in [0.05, 0.1) is 6.61 Å². The number of H-pyrrole nitrogens is 1. The van der Waals surface area contributed by atoms with E-state index in [-0.39, 0.29) is 18.1 Å². The number of aromatic nitrogens is 2. The minimum atomic E-state index is -4.52. The van der Waals surface area contributed by atoms with Crippen LogP contribution in [0.15, 0.2) is 52.2 Å². The Morgan fingerprint density at radius 3 is 2.53 bits per heavy atom. The van der Waals surface area contributed by atoms with Gasteiger partial charge in [-0.2, -0.15) is 13.9 Å². The average molecular weight is 533 g/mol. The molecule has 0 aliphatic carbocycles. The molecule has 4 N–H and O–H groups in total. The summed E-state index contributed by atoms with van der Waals surface area (Å²) in [6.07, 6.45) is -5.78. The van der Waals surface area contributed by atoms with Crippen LogP contribution in [0.25, 0.3) is 0 Å². The Hall–Kier alpha value is -2.90. The maximum atomic E-state index is 14.8. The third-order valence-electron chi connectivity index (χ3n) is 5.18. The fraction of sp³-hybridized carbons (Fsp3) is 0.476. The number of hydrogen-bond acceptors (Lipinski definition) is 8. The zero-order chi connectivity index (χ0) is 26.7. The lowest BCUT2D eigenvalue weighted by Crippen LogP contribution is -2.43. The van der Waals surface area contributed by atoms with Gasteiger partial charge in [-0.05, 0) is 24.5 Å². The number of halogens is 2. The number of aliphatic hydroxyl groups is 1. The number of hydrogen-bond donors (Lipinski definition) is 4. The Labute approximate surface area is 203 Å². The lowest BCUT2D eigenvalue weighted by molar-refractivity contribution is -0.141. The molecule has 2 aromatic rings. The van der Waals surface area contributed by atoms with Crippen LogP contribution in [0, 0.1) is 5.92 Å². The fourth-order valence-electron chi connectivity index (χ4n) is 3.47. The van der Waals surface area contributed by atoms with Crippen LogP contribution in [-0.2, 0) is 18.6 Å². The van der Waals surface area contributed by atoms with Gasteiger partial charge in [-0.25, -0.2) is 9.36 Å². The van der Waals surface area contributed by atoms with Gasteiger partial charge in [-0.1, -0.05) is 32.0 Å². The number of rotatable bonds is 11. The van der Waals surface area contributed by atoms with E-state index in [2.05, 4.69) is 5.09 Å². The fourth-order valence-corrected chi connectivity index (χ4v) is 4.99. The molecule has 0 saturated carbocycles. The first-order chi connectivity index (χ1) is 16.8. The van der Waals surface area contributed by atoms with Crippen molar-refractivity contribution in [3.63, 3.8) is 0 Å². The largest absolute Gasteiger partial charge is 0.480 e. The van der Waals surface area contributed by atoms with E-state index >= 15 is 0 Å². The first-order valence-electron chi connectivity index (χ1n) is 10.8. The minimum absolute atomic E-state index is 0.0397. The SMILES string of the molecule is CC(C)C[C@@H](NP(=O)(OCC1O[C@@H](n2ccc(=O)[nH]c2=O)C(F)(F)[C@@H]1O)Oc1ccccc1)C(=O)O. The molecule has 5 atom stereocenters. The number of carboxylic acids is 1. The molecule has 1 fully saturated rings. The zero-order valence-corrected chi connectivity index (χ0v) is 20.1. The van der Waals surface area contributed by atoms with Gasteiger partial charge >= 0.3 is 25.3 Å². The van der Waals surface area contributed by atoms with Crippen molar-refractivity contribution in [3.8, 4) is 5.75 Å². The number of alkyl halides is 2. The molecule has 1 aliphatic rings. The summed E-state index contributed by atoms with van der Waals surface area (Å²) in [6, 6.07) is 7.05. The molecule has 198 valence electrons. The maximum Gasteiger partial charge on any atom is 0.459 e. The highest BCUT2D eigenvalue weighted by atomic mass is 31.2. The van der Waals surface area contributed by atoms with Gasteiger partial charge in [-0.3, -0.25) is 23.7 Å². The summed E-state index contributed by atoms with van der Waals surface area (Å²) >= 11 is 0. The Morgan fingerprint density at radius 1 is 1.28 bits per heavy atom. The van der Waals surface area contributed by atoms with Gasteiger partial charge in [0.1, 0.15) is 17.9 Å². The first-order valence-corrected chi connectivity index (χ1v) is 12.4. The number of carboxylic acid groups (broad SMARTS) is 1. The van der Waals surface area contributed by atoms with Crippen molar-refractivity contribution in [2.75, 3.05) is 6.61 Å². The van der Waals surface area contributed by atoms with Gasteiger partial charge < -0.3 is 19.5 Å². The van der Waals surface area contributed by atoms with E-state index in [1.54, 1.807) is 32.0 Å². The van der Waals surface area contributed by atoms with E-state index in [9.17, 15) is 37.9 Å². The summed E-state index contributed by atoms with van der Waals surface area (Å²) in [4.78, 5) is 36.7. The van der Waals surface area contributed by atoms with Crippen molar-refractivity contribution >= 4 is 13.7 Å². The topological polar surface area (TPSA) is 169 Å². The molecule has 1 aromatic carbocycles. The number of carbonyl (C=O) groups is 1. The standard InChI is InChI=1S/C21H26F2N3O9P/c1-12(2)10-14(18(29)30)25-36(32,35-13-6-4-3-5-7-13)33-11-15-17(28)21(22,23)19(34-15)26-9-8-16(27)24-20(26)31/h3-9,12,14-15,17,19,28H,10-11H2,1-2H3,(H,25,32)(H,29,30)(H,24,27,31)/t14-,15?,17-,19-,36?/m1/s1. The molecule has 12 nitrogen and oxygen atoms in total. The average Bonchev–Trinajstić information content (AvgIpc) is 3.01. The van der Waals surface area contributed by atoms with E-state index in [0.29, 0.717) is 4.57 Å². The van der Waals surface area contributed by atoms with Crippen LogP contribution in [-0.4, -0.2) is 56.5 Å². The van der Waals surface area contributed by atoms with Crippen molar-refractivity contribution in [3.05, 3.63) is 63.4 Å². The number of aliphatic carboxylic acids is 1. The normalized spacial score (nSPS) is 23.8. The smallest absolute Gasteiger partial charge is 0.459 e. The van der Waals surface area contributed by atoms with E-state index in [0.717, 1.165) is 12.3 Å². The molecule has 2 unspecified atom stereocenters. The van der Waals surface area contributed by atoms with Gasteiger partial charge in [0, 0.05) is 12.3 Å². The van der Waals surface area contributed by atoms with Crippen LogP contribution in [0.3, 0.4) is 0 Å². The lowest BCUT2D eigenvalue weighted by Gasteiger charge is -2.25. The highest BCUT2D eigenvalue weighted by molar-refractivity contribution is 7.52. The van der Waals surface area contributed by atoms with Crippen LogP contribution >= 0.6 is 7.75 Å². The molecule has 0 radical (unpaired) electrons. The van der Waals surface area contributed by atoms with Crippen LogP contribution in [0.4, 0.5) is 8.78 Å². The predicted molar refractivity (Wildman–Crippen MR) is 121 cm³/mol. The number of nitrogens with zero attached hydrogens (tertiary/aromatic N) is 1. The van der Waals surface area contributed by atoms with E-state index < -0.39 is 62.0 Å². The molecule has 1 aromatic heterocycles. The molecule has 36 heavy (non-hydrogen) atoms. The van der Waals surface area contributed by atoms with Crippen molar-refractivity contribution < 1.29 is 42.1 Å². The third kappa shape index (κ3) is 6.45. The molecular weight excluding hydrogens is 507 g/mol. The quantitative estimate of drug-likeness (QED) is 0.312. The summed E-state index contributed by atoms with van der Waals surface area (Å²) in [7, 11) is -4.52. The maximum absolute atomic E-state index is 14.8. The molecule has 3 rings (SSSR count). The monoisotopic (exact) mass is 533 g/mol. The van der Waals surface area contributed by atoms with Crippen LogP contribution < -0.4 is 20.9 Å². The Balaban J connectivity index is 1.83. The van der Waals surface area contributed by atoms with Crippen LogP contribution in [0.1, 0.15) is 26.5 Å². The van der Waals surface area contributed by atoms with Crippen LogP contribution in [0.5, 0.6) is 5.75 Å². The predicted octanol–water partition coefficient (Wildman–Crippen LogP) is 1.72. The van der Waals surface area contributed by atoms with Crippen LogP contribution in [0.2, 0.25) is 0 Å². The second kappa shape index (κ2) is 11.0. The second-order valence-electron chi connectivity index (χ2n) is 8.51. The van der Waals surface area contributed by atoms with Crippen molar-refractivity contribution in [2.24, 2.45) is 5.92 Å². The van der Waals surface area contributed by atoms with Gasteiger partial charge in [0.25, 0.3) is 5.56 Å². The summed E-state index contributed by atoms with van der Waals surface area (Å²) in [5.41, 5.74) is -2.02. The van der Waals surface area contributed by atoms with Crippen molar-refractivity contribution in [2.45, 2.75) is 50.7 Å². The molecule has 1 aliphatic heterocycles. The first kappa shape index (κ1) is 27.7. The number of aliphatic hydroxyl groups excluding tert-OH is 1. The summed E-state index contributed by atoms with van der Waals surface area (Å²) in [6.45, 7) is 2.56. The Kier molecular flexibility index (Phi) is 8.47. The van der Waals surface area contributed by atoms with E-state index in [1.807, 2.05) is 4.98 Å². The lowest BCUT2D eigenvalue weighted by atomic mass is 10.1. The number of ether oxygens (including phenoxy) is 1. The van der Waals surface area contributed by atoms with Crippen molar-refractivity contribution in [1.82, 2.24) is 14.6 Å². The Bertz CT molecular complexity index is 1220. The molecule has 0 amide bonds. The number of nitrogens with one attached hydrogen (secondary N) is 2. The minimum Gasteiger partial charge on any atom is -0.480 e. The third-order valence-corrected chi connectivity index (χ3v) is 6.75. The molecule has 15 heteroatoms. The summed E-state index contributed by atoms with van der Waals surface area (Å²) < 4.78 is 59.3. The van der Waals surface area contributed by atoms with Crippen molar-refractivity contribution in [1.29, 1.82) is 0 Å².